The number of carbonyl (C=O) groups is 5. The number of aromatic nitrogens is 2. The van der Waals surface area contributed by atoms with Gasteiger partial charge in [0.05, 0.1) is 154 Å². The number of rotatable bonds is 45. The van der Waals surface area contributed by atoms with Gasteiger partial charge in [-0.1, -0.05) is 54.5 Å². The first-order valence-corrected chi connectivity index (χ1v) is 33.3. The molecule has 5 aromatic rings. The van der Waals surface area contributed by atoms with E-state index in [2.05, 4.69) is 31.3 Å². The number of cyclic esters (lactones) is 1. The minimum absolute atomic E-state index is 0.0341. The van der Waals surface area contributed by atoms with Gasteiger partial charge < -0.3 is 88.8 Å². The quantitative estimate of drug-likeness (QED) is 0.00854. The minimum atomic E-state index is -2.04. The molecule has 0 saturated carbocycles. The molecule has 1 aliphatic carbocycles. The monoisotopic (exact) mass is 1370 g/mol. The van der Waals surface area contributed by atoms with Gasteiger partial charge in [-0.15, -0.1) is 0 Å². The lowest BCUT2D eigenvalue weighted by molar-refractivity contribution is -0.172. The second-order valence-corrected chi connectivity index (χ2v) is 23.6. The summed E-state index contributed by atoms with van der Waals surface area (Å²) >= 11 is 0. The van der Waals surface area contributed by atoms with Crippen molar-refractivity contribution < 1.29 is 85.6 Å². The van der Waals surface area contributed by atoms with Gasteiger partial charge in [-0.05, 0) is 110 Å². The Morgan fingerprint density at radius 1 is 0.765 bits per heavy atom. The van der Waals surface area contributed by atoms with Crippen molar-refractivity contribution in [2.24, 2.45) is 10.8 Å². The second kappa shape index (κ2) is 39.5. The third-order valence-electron chi connectivity index (χ3n) is 17.0. The van der Waals surface area contributed by atoms with Crippen molar-refractivity contribution in [3.8, 4) is 11.4 Å². The van der Waals surface area contributed by atoms with Crippen LogP contribution in [-0.4, -0.2) is 189 Å². The molecular weight excluding hydrogens is 1280 g/mol. The van der Waals surface area contributed by atoms with E-state index in [1.807, 2.05) is 30.3 Å². The van der Waals surface area contributed by atoms with Crippen LogP contribution in [0.5, 0.6) is 0 Å². The van der Waals surface area contributed by atoms with Crippen LogP contribution in [0.1, 0.15) is 102 Å². The summed E-state index contributed by atoms with van der Waals surface area (Å²) in [6.45, 7) is 12.2. The molecular formula is C69H91FN10O18. The number of nitrogens with two attached hydrogens (primary N) is 1. The highest BCUT2D eigenvalue weighted by Crippen LogP contribution is 2.46. The lowest BCUT2D eigenvalue weighted by Crippen LogP contribution is -2.53. The van der Waals surface area contributed by atoms with Crippen LogP contribution < -0.4 is 32.6 Å². The summed E-state index contributed by atoms with van der Waals surface area (Å²) in [6.07, 6.45) is 1.54. The zero-order valence-corrected chi connectivity index (χ0v) is 56.0. The third-order valence-corrected chi connectivity index (χ3v) is 17.0. The van der Waals surface area contributed by atoms with E-state index in [1.54, 1.807) is 45.0 Å². The SMILES string of the molecule is CC[C@@]1(O)C(=O)OCc2c1cc1n(c2=O)Cc2c-1nc1cc(F)c(C)c3c1c2[C@@H](NC(=O)OCc1ccc(NC(=O)[C@H](CCCCN)NC(=O)[C@H](Cc2ccccc2)NC(=O)CCOCCOCCOCCOCCOCCOCCOCCOCCOCCN=[N+]=[N-])c(C)c1)CC3. The van der Waals surface area contributed by atoms with E-state index >= 15 is 4.39 Å². The van der Waals surface area contributed by atoms with E-state index in [4.69, 9.17) is 68.4 Å². The number of pyridine rings is 2. The van der Waals surface area contributed by atoms with Gasteiger partial charge in [0.1, 0.15) is 31.1 Å². The number of aliphatic hydroxyl groups is 1. The summed E-state index contributed by atoms with van der Waals surface area (Å²) in [4.78, 5) is 89.9. The second-order valence-electron chi connectivity index (χ2n) is 23.6. The van der Waals surface area contributed by atoms with Crippen LogP contribution in [0.15, 0.2) is 70.6 Å². The molecule has 4 amide bonds. The Kier molecular flexibility index (Phi) is 30.6. The molecule has 0 saturated heterocycles. The highest BCUT2D eigenvalue weighted by molar-refractivity contribution is 5.99. The molecule has 4 heterocycles. The van der Waals surface area contributed by atoms with E-state index in [0.717, 1.165) is 11.1 Å². The summed E-state index contributed by atoms with van der Waals surface area (Å²) in [6, 6.07) is 14.6. The van der Waals surface area contributed by atoms with Crippen LogP contribution in [0.2, 0.25) is 0 Å². The molecule has 2 aromatic heterocycles. The van der Waals surface area contributed by atoms with Crippen LogP contribution in [0.4, 0.5) is 14.9 Å². The van der Waals surface area contributed by atoms with E-state index in [-0.39, 0.29) is 76.4 Å². The topological polar surface area (TPSA) is 365 Å². The number of halogens is 1. The summed E-state index contributed by atoms with van der Waals surface area (Å²) in [5.41, 5.74) is 17.9. The predicted octanol–water partition coefficient (Wildman–Crippen LogP) is 5.88. The molecule has 98 heavy (non-hydrogen) atoms. The number of unbranched alkanes of at least 4 members (excludes halogenated alkanes) is 1. The van der Waals surface area contributed by atoms with Crippen molar-refractivity contribution in [1.29, 1.82) is 0 Å². The molecule has 3 aromatic carbocycles. The molecule has 532 valence electrons. The fourth-order valence-corrected chi connectivity index (χ4v) is 11.7. The molecule has 0 unspecified atom stereocenters. The smallest absolute Gasteiger partial charge is 0.407 e. The Bertz CT molecular complexity index is 3600. The summed E-state index contributed by atoms with van der Waals surface area (Å²) < 4.78 is 77.6. The number of amides is 4. The van der Waals surface area contributed by atoms with Crippen LogP contribution >= 0.6 is 0 Å². The lowest BCUT2D eigenvalue weighted by atomic mass is 9.81. The van der Waals surface area contributed by atoms with Crippen molar-refractivity contribution in [2.45, 2.75) is 116 Å². The Morgan fingerprint density at radius 3 is 1.97 bits per heavy atom. The first-order chi connectivity index (χ1) is 47.6. The van der Waals surface area contributed by atoms with Crippen LogP contribution in [-0.2, 0) is 109 Å². The number of carbonyl (C=O) groups excluding carboxylic acids is 5. The molecule has 0 radical (unpaired) electrons. The number of hydrogen-bond donors (Lipinski definition) is 6. The number of hydrogen-bond acceptors (Lipinski definition) is 21. The molecule has 29 heteroatoms. The maximum Gasteiger partial charge on any atom is 0.407 e. The lowest BCUT2D eigenvalue weighted by Gasteiger charge is -2.31. The van der Waals surface area contributed by atoms with Gasteiger partial charge >= 0.3 is 12.1 Å². The number of esters is 1. The number of nitrogens with zero attached hydrogens (tertiary/aromatic N) is 5. The fourth-order valence-electron chi connectivity index (χ4n) is 11.7. The van der Waals surface area contributed by atoms with Gasteiger partial charge in [0, 0.05) is 52.6 Å². The number of benzene rings is 3. The molecule has 0 spiro atoms. The summed E-state index contributed by atoms with van der Waals surface area (Å²) in [5, 5.41) is 27.2. The van der Waals surface area contributed by atoms with Crippen LogP contribution in [0.25, 0.3) is 32.7 Å². The standard InChI is InChI=1S/C69H91FN10O18/c1-4-69(87)52-40-59-63-50(42-80(59)66(84)51(52)44-97-67(69)85)62-55(16-14-49-46(3)53(70)41-57(75-63)61(49)62)78-68(86)98-43-48-13-15-54(45(2)38-48)76-64(82)56(12-8-9-18-71)77-65(83)58(39-47-10-6-5-7-11-47)74-60(81)17-20-88-22-24-90-26-28-92-30-32-94-34-36-96-37-35-95-33-31-93-29-27-91-25-23-89-21-19-73-79-72/h5-7,10-11,13,15,38,40-41,55-56,58,87H,4,8-9,12,14,16-37,39,42-44,71H2,1-3H3,(H,74,81)(H,76,82)(H,77,83)(H,78,86)/t55-,56-,58-,69-/m0/s1. The van der Waals surface area contributed by atoms with Crippen LogP contribution in [0.3, 0.4) is 0 Å². The van der Waals surface area contributed by atoms with Crippen LogP contribution in [0, 0.1) is 19.7 Å². The van der Waals surface area contributed by atoms with Crippen molar-refractivity contribution in [2.75, 3.05) is 137 Å². The van der Waals surface area contributed by atoms with E-state index < -0.39 is 64.9 Å². The highest BCUT2D eigenvalue weighted by atomic mass is 19.1. The highest BCUT2D eigenvalue weighted by Gasteiger charge is 2.46. The van der Waals surface area contributed by atoms with Gasteiger partial charge in [0.15, 0.2) is 5.60 Å². The number of anilines is 1. The first kappa shape index (κ1) is 75.7. The van der Waals surface area contributed by atoms with Gasteiger partial charge in [-0.2, -0.15) is 0 Å². The Balaban J connectivity index is 0.737. The minimum Gasteiger partial charge on any atom is -0.458 e. The van der Waals surface area contributed by atoms with E-state index in [1.165, 1.54) is 10.6 Å². The average Bonchev–Trinajstić information content (AvgIpc) is 1.48. The predicted molar refractivity (Wildman–Crippen MR) is 356 cm³/mol. The number of azide groups is 1. The number of ether oxygens (including phenoxy) is 11. The normalized spacial score (nSPS) is 15.7. The molecule has 4 atom stereocenters. The molecule has 2 aliphatic heterocycles. The molecule has 8 rings (SSSR count). The number of fused-ring (bicyclic) bond motifs is 5. The van der Waals surface area contributed by atoms with Crippen molar-refractivity contribution in [3.63, 3.8) is 0 Å². The Hall–Kier alpha value is -8.03. The van der Waals surface area contributed by atoms with Gasteiger partial charge in [0.2, 0.25) is 17.7 Å². The molecule has 28 nitrogen and oxygen atoms in total. The third kappa shape index (κ3) is 21.5. The fraction of sp³-hybridized carbons (Fsp3) is 0.551. The Morgan fingerprint density at radius 2 is 1.38 bits per heavy atom. The van der Waals surface area contributed by atoms with Crippen molar-refractivity contribution in [3.05, 3.63) is 137 Å². The first-order valence-electron chi connectivity index (χ1n) is 33.3. The zero-order chi connectivity index (χ0) is 69.7. The zero-order valence-electron chi connectivity index (χ0n) is 56.0. The average molecular weight is 1370 g/mol. The maximum absolute atomic E-state index is 15.5. The van der Waals surface area contributed by atoms with Crippen molar-refractivity contribution in [1.82, 2.24) is 25.5 Å². The molecule has 3 aliphatic rings. The van der Waals surface area contributed by atoms with Gasteiger partial charge in [-0.25, -0.2) is 19.0 Å². The van der Waals surface area contributed by atoms with Gasteiger partial charge in [0.25, 0.3) is 5.56 Å². The molecule has 7 N–H and O–H groups in total. The van der Waals surface area contributed by atoms with E-state index in [0.29, 0.717) is 194 Å². The maximum atomic E-state index is 15.5. The summed E-state index contributed by atoms with van der Waals surface area (Å²) in [5.74, 6) is -2.76. The number of aryl methyl sites for hydroxylation is 2. The van der Waals surface area contributed by atoms with Gasteiger partial charge in [-0.3, -0.25) is 19.2 Å². The Labute approximate surface area is 567 Å². The number of alkyl carbamates (subject to hydrolysis) is 1. The number of nitrogens with one attached hydrogen (secondary N) is 4. The summed E-state index contributed by atoms with van der Waals surface area (Å²) in [7, 11) is 0. The largest absolute Gasteiger partial charge is 0.458 e. The van der Waals surface area contributed by atoms with Crippen molar-refractivity contribution >= 4 is 46.4 Å². The molecule has 0 bridgehead atoms. The van der Waals surface area contributed by atoms with E-state index in [9.17, 15) is 33.9 Å². The molecule has 0 fully saturated rings.